The van der Waals surface area contributed by atoms with Crippen LogP contribution in [0.1, 0.15) is 39.0 Å². The van der Waals surface area contributed by atoms with Crippen LogP contribution in [0.4, 0.5) is 0 Å². The summed E-state index contributed by atoms with van der Waals surface area (Å²) >= 11 is 0. The Morgan fingerprint density at radius 3 is 3.00 bits per heavy atom. The second-order valence-electron chi connectivity index (χ2n) is 4.18. The van der Waals surface area contributed by atoms with Crippen molar-refractivity contribution in [2.45, 2.75) is 50.7 Å². The van der Waals surface area contributed by atoms with Gasteiger partial charge in [-0.15, -0.1) is 0 Å². The monoisotopic (exact) mass is 169 g/mol. The minimum absolute atomic E-state index is 0.235. The lowest BCUT2D eigenvalue weighted by Gasteiger charge is -2.33. The number of rotatable bonds is 1. The Morgan fingerprint density at radius 2 is 2.42 bits per heavy atom. The molecule has 1 unspecified atom stereocenters. The number of hydrogen-bond acceptors (Lipinski definition) is 2. The molecule has 70 valence electrons. The van der Waals surface area contributed by atoms with Gasteiger partial charge >= 0.3 is 0 Å². The molecule has 2 nitrogen and oxygen atoms in total. The van der Waals surface area contributed by atoms with E-state index in [-0.39, 0.29) is 5.60 Å². The largest absolute Gasteiger partial charge is 0.374 e. The lowest BCUT2D eigenvalue weighted by atomic mass is 9.91. The van der Waals surface area contributed by atoms with Gasteiger partial charge in [0.25, 0.3) is 0 Å². The van der Waals surface area contributed by atoms with Gasteiger partial charge in [-0.05, 0) is 32.1 Å². The van der Waals surface area contributed by atoms with Gasteiger partial charge in [-0.3, -0.25) is 0 Å². The number of hydrogen-bond donors (Lipinski definition) is 1. The van der Waals surface area contributed by atoms with E-state index in [1.807, 2.05) is 0 Å². The third-order valence-electron chi connectivity index (χ3n) is 3.26. The van der Waals surface area contributed by atoms with Gasteiger partial charge in [0.05, 0.1) is 5.60 Å². The predicted molar refractivity (Wildman–Crippen MR) is 49.2 cm³/mol. The zero-order chi connectivity index (χ0) is 8.44. The molecule has 0 aromatic carbocycles. The first-order valence-electron chi connectivity index (χ1n) is 5.22. The zero-order valence-electron chi connectivity index (χ0n) is 7.94. The molecule has 0 bridgehead atoms. The van der Waals surface area contributed by atoms with Crippen molar-refractivity contribution in [3.63, 3.8) is 0 Å². The summed E-state index contributed by atoms with van der Waals surface area (Å²) < 4.78 is 5.90. The third kappa shape index (κ3) is 1.50. The molecule has 2 saturated heterocycles. The molecule has 2 heterocycles. The Kier molecular flexibility index (Phi) is 2.37. The standard InChI is InChI=1S/C10H19NO/c1-2-9-7-10(8-11-9)5-3-4-6-12-10/h9,11H,2-8H2,1H3/t9-,10?/m0/s1. The van der Waals surface area contributed by atoms with Gasteiger partial charge in [-0.1, -0.05) is 6.92 Å². The molecule has 0 radical (unpaired) electrons. The normalized spacial score (nSPS) is 42.2. The Hall–Kier alpha value is -0.0800. The van der Waals surface area contributed by atoms with E-state index in [2.05, 4.69) is 12.2 Å². The Morgan fingerprint density at radius 1 is 1.50 bits per heavy atom. The third-order valence-corrected chi connectivity index (χ3v) is 3.26. The van der Waals surface area contributed by atoms with Crippen molar-refractivity contribution in [3.8, 4) is 0 Å². The molecule has 2 aliphatic heterocycles. The molecule has 0 saturated carbocycles. The molecule has 2 heteroatoms. The first-order valence-corrected chi connectivity index (χ1v) is 5.22. The molecule has 0 aromatic heterocycles. The first kappa shape index (κ1) is 8.52. The van der Waals surface area contributed by atoms with E-state index < -0.39 is 0 Å². The summed E-state index contributed by atoms with van der Waals surface area (Å²) in [7, 11) is 0. The van der Waals surface area contributed by atoms with Gasteiger partial charge in [0.2, 0.25) is 0 Å². The van der Waals surface area contributed by atoms with Gasteiger partial charge in [0.15, 0.2) is 0 Å². The van der Waals surface area contributed by atoms with Crippen LogP contribution in [-0.4, -0.2) is 24.8 Å². The summed E-state index contributed by atoms with van der Waals surface area (Å²) in [6, 6.07) is 0.711. The van der Waals surface area contributed by atoms with Crippen LogP contribution in [0.2, 0.25) is 0 Å². The van der Waals surface area contributed by atoms with E-state index in [0.29, 0.717) is 6.04 Å². The second-order valence-corrected chi connectivity index (χ2v) is 4.18. The maximum atomic E-state index is 5.90. The first-order chi connectivity index (χ1) is 5.85. The van der Waals surface area contributed by atoms with Crippen molar-refractivity contribution in [2.24, 2.45) is 0 Å². The molecule has 2 fully saturated rings. The molecule has 2 aliphatic rings. The molecular formula is C10H19NO. The average molecular weight is 169 g/mol. The maximum absolute atomic E-state index is 5.90. The smallest absolute Gasteiger partial charge is 0.0821 e. The lowest BCUT2D eigenvalue weighted by molar-refractivity contribution is -0.0650. The minimum Gasteiger partial charge on any atom is -0.374 e. The second kappa shape index (κ2) is 3.35. The zero-order valence-corrected chi connectivity index (χ0v) is 7.94. The molecule has 2 atom stereocenters. The molecule has 0 amide bonds. The van der Waals surface area contributed by atoms with Crippen LogP contribution in [0.25, 0.3) is 0 Å². The summed E-state index contributed by atoms with van der Waals surface area (Å²) in [5.41, 5.74) is 0.235. The van der Waals surface area contributed by atoms with Crippen LogP contribution < -0.4 is 5.32 Å². The molecular weight excluding hydrogens is 150 g/mol. The van der Waals surface area contributed by atoms with Crippen LogP contribution in [0.3, 0.4) is 0 Å². The Balaban J connectivity index is 1.94. The molecule has 0 aromatic rings. The van der Waals surface area contributed by atoms with Gasteiger partial charge in [-0.25, -0.2) is 0 Å². The fourth-order valence-electron chi connectivity index (χ4n) is 2.42. The molecule has 2 rings (SSSR count). The van der Waals surface area contributed by atoms with Crippen molar-refractivity contribution >= 4 is 0 Å². The van der Waals surface area contributed by atoms with E-state index in [1.54, 1.807) is 0 Å². The Labute approximate surface area is 74.7 Å². The summed E-state index contributed by atoms with van der Waals surface area (Å²) in [4.78, 5) is 0. The molecule has 1 N–H and O–H groups in total. The summed E-state index contributed by atoms with van der Waals surface area (Å²) in [6.07, 6.45) is 6.38. The van der Waals surface area contributed by atoms with Crippen molar-refractivity contribution in [1.82, 2.24) is 5.32 Å². The highest BCUT2D eigenvalue weighted by molar-refractivity contribution is 4.96. The van der Waals surface area contributed by atoms with Crippen LogP contribution in [-0.2, 0) is 4.74 Å². The minimum atomic E-state index is 0.235. The number of ether oxygens (including phenoxy) is 1. The van der Waals surface area contributed by atoms with E-state index >= 15 is 0 Å². The fraction of sp³-hybridized carbons (Fsp3) is 1.00. The maximum Gasteiger partial charge on any atom is 0.0821 e. The summed E-state index contributed by atoms with van der Waals surface area (Å²) in [6.45, 7) is 4.32. The highest BCUT2D eigenvalue weighted by Crippen LogP contribution is 2.33. The van der Waals surface area contributed by atoms with Crippen molar-refractivity contribution in [1.29, 1.82) is 0 Å². The van der Waals surface area contributed by atoms with Crippen molar-refractivity contribution in [2.75, 3.05) is 13.2 Å². The lowest BCUT2D eigenvalue weighted by Crippen LogP contribution is -2.38. The van der Waals surface area contributed by atoms with Gasteiger partial charge < -0.3 is 10.1 Å². The van der Waals surface area contributed by atoms with E-state index in [1.165, 1.54) is 32.1 Å². The van der Waals surface area contributed by atoms with E-state index in [4.69, 9.17) is 4.74 Å². The van der Waals surface area contributed by atoms with Gasteiger partial charge in [0, 0.05) is 19.2 Å². The van der Waals surface area contributed by atoms with Crippen LogP contribution >= 0.6 is 0 Å². The van der Waals surface area contributed by atoms with E-state index in [9.17, 15) is 0 Å². The average Bonchev–Trinajstić information content (AvgIpc) is 2.50. The quantitative estimate of drug-likeness (QED) is 0.645. The van der Waals surface area contributed by atoms with Crippen molar-refractivity contribution in [3.05, 3.63) is 0 Å². The van der Waals surface area contributed by atoms with Crippen LogP contribution in [0, 0.1) is 0 Å². The Bertz CT molecular complexity index is 152. The van der Waals surface area contributed by atoms with E-state index in [0.717, 1.165) is 13.2 Å². The highest BCUT2D eigenvalue weighted by Gasteiger charge is 2.40. The summed E-state index contributed by atoms with van der Waals surface area (Å²) in [5, 5.41) is 3.54. The van der Waals surface area contributed by atoms with Gasteiger partial charge in [-0.2, -0.15) is 0 Å². The summed E-state index contributed by atoms with van der Waals surface area (Å²) in [5.74, 6) is 0. The molecule has 0 aliphatic carbocycles. The SMILES string of the molecule is CC[C@H]1CC2(CCCCO2)CN1. The molecule has 1 spiro atoms. The van der Waals surface area contributed by atoms with Crippen LogP contribution in [0.5, 0.6) is 0 Å². The van der Waals surface area contributed by atoms with Crippen molar-refractivity contribution < 1.29 is 4.74 Å². The topological polar surface area (TPSA) is 21.3 Å². The number of nitrogens with one attached hydrogen (secondary N) is 1. The predicted octanol–water partition coefficient (Wildman–Crippen LogP) is 1.70. The van der Waals surface area contributed by atoms with Gasteiger partial charge in [0.1, 0.15) is 0 Å². The highest BCUT2D eigenvalue weighted by atomic mass is 16.5. The fourth-order valence-corrected chi connectivity index (χ4v) is 2.42. The molecule has 12 heavy (non-hydrogen) atoms. The van der Waals surface area contributed by atoms with Crippen LogP contribution in [0.15, 0.2) is 0 Å².